The van der Waals surface area contributed by atoms with Crippen molar-refractivity contribution in [2.45, 2.75) is 25.4 Å². The topological polar surface area (TPSA) is 48.1 Å². The number of carbonyl (C=O) groups is 1. The average Bonchev–Trinajstić information content (AvgIpc) is 3.10. The zero-order valence-electron chi connectivity index (χ0n) is 14.5. The second kappa shape index (κ2) is 7.52. The van der Waals surface area contributed by atoms with E-state index in [0.29, 0.717) is 5.69 Å². The van der Waals surface area contributed by atoms with Crippen molar-refractivity contribution in [1.29, 1.82) is 0 Å². The van der Waals surface area contributed by atoms with Crippen molar-refractivity contribution in [2.75, 3.05) is 13.1 Å². The molecule has 3 aromatic rings. The lowest BCUT2D eigenvalue weighted by Gasteiger charge is -2.32. The number of aromatic amines is 1. The second-order valence-electron chi connectivity index (χ2n) is 6.92. The molecule has 1 aliphatic heterocycles. The van der Waals surface area contributed by atoms with E-state index < -0.39 is 0 Å². The largest absolute Gasteiger partial charge is 0.351 e. The number of halogens is 1. The number of nitrogens with zero attached hydrogens (tertiary/aromatic N) is 1. The van der Waals surface area contributed by atoms with E-state index in [4.69, 9.17) is 11.6 Å². The molecule has 0 saturated carbocycles. The second-order valence-corrected chi connectivity index (χ2v) is 7.36. The fourth-order valence-corrected chi connectivity index (χ4v) is 3.67. The van der Waals surface area contributed by atoms with Crippen LogP contribution in [0.15, 0.2) is 54.6 Å². The normalized spacial score (nSPS) is 16.0. The molecule has 1 fully saturated rings. The molecule has 0 atom stereocenters. The molecule has 0 spiro atoms. The molecule has 4 rings (SSSR count). The zero-order chi connectivity index (χ0) is 17.9. The van der Waals surface area contributed by atoms with E-state index in [1.165, 1.54) is 5.56 Å². The van der Waals surface area contributed by atoms with Gasteiger partial charge >= 0.3 is 0 Å². The maximum Gasteiger partial charge on any atom is 0.267 e. The fourth-order valence-electron chi connectivity index (χ4n) is 3.54. The van der Waals surface area contributed by atoms with Gasteiger partial charge in [0.1, 0.15) is 5.69 Å². The van der Waals surface area contributed by atoms with Crippen LogP contribution >= 0.6 is 11.6 Å². The zero-order valence-corrected chi connectivity index (χ0v) is 15.3. The first-order chi connectivity index (χ1) is 12.7. The van der Waals surface area contributed by atoms with E-state index in [1.807, 2.05) is 42.5 Å². The van der Waals surface area contributed by atoms with Crippen molar-refractivity contribution in [3.8, 4) is 0 Å². The van der Waals surface area contributed by atoms with Gasteiger partial charge < -0.3 is 10.3 Å². The van der Waals surface area contributed by atoms with Crippen molar-refractivity contribution in [1.82, 2.24) is 15.2 Å². The molecule has 134 valence electrons. The van der Waals surface area contributed by atoms with Gasteiger partial charge in [-0.2, -0.15) is 0 Å². The Morgan fingerprint density at radius 2 is 1.85 bits per heavy atom. The highest BCUT2D eigenvalue weighted by molar-refractivity contribution is 6.30. The fraction of sp³-hybridized carbons (Fsp3) is 0.286. The number of piperidine rings is 1. The molecule has 5 heteroatoms. The standard InChI is InChI=1S/C21H22ClN3O/c22-17-7-5-15(6-8-17)14-25-11-9-18(10-12-25)23-21(26)20-13-16-3-1-2-4-19(16)24-20/h1-8,13,18,24H,9-12,14H2,(H,23,26). The molecule has 1 aromatic heterocycles. The van der Waals surface area contributed by atoms with Crippen molar-refractivity contribution < 1.29 is 4.79 Å². The predicted octanol–water partition coefficient (Wildman–Crippen LogP) is 4.22. The van der Waals surface area contributed by atoms with E-state index in [2.05, 4.69) is 27.3 Å². The summed E-state index contributed by atoms with van der Waals surface area (Å²) < 4.78 is 0. The lowest BCUT2D eigenvalue weighted by Crippen LogP contribution is -2.44. The van der Waals surface area contributed by atoms with Crippen molar-refractivity contribution >= 4 is 28.4 Å². The number of likely N-dealkylation sites (tertiary alicyclic amines) is 1. The first-order valence-electron chi connectivity index (χ1n) is 9.03. The number of carbonyl (C=O) groups excluding carboxylic acids is 1. The summed E-state index contributed by atoms with van der Waals surface area (Å²) in [5, 5.41) is 5.01. The minimum atomic E-state index is -0.0163. The third-order valence-electron chi connectivity index (χ3n) is 5.02. The van der Waals surface area contributed by atoms with Crippen LogP contribution in [0.25, 0.3) is 10.9 Å². The summed E-state index contributed by atoms with van der Waals surface area (Å²) in [6.07, 6.45) is 1.94. The van der Waals surface area contributed by atoms with Gasteiger partial charge in [0.25, 0.3) is 5.91 Å². The summed E-state index contributed by atoms with van der Waals surface area (Å²) in [4.78, 5) is 18.1. The lowest BCUT2D eigenvalue weighted by molar-refractivity contribution is 0.0904. The van der Waals surface area contributed by atoms with E-state index >= 15 is 0 Å². The third-order valence-corrected chi connectivity index (χ3v) is 5.27. The maximum absolute atomic E-state index is 12.5. The number of fused-ring (bicyclic) bond motifs is 1. The van der Waals surface area contributed by atoms with Crippen molar-refractivity contribution in [3.63, 3.8) is 0 Å². The van der Waals surface area contributed by atoms with Gasteiger partial charge in [-0.05, 0) is 42.7 Å². The van der Waals surface area contributed by atoms with Gasteiger partial charge in [0.2, 0.25) is 0 Å². The number of rotatable bonds is 4. The molecule has 2 aromatic carbocycles. The Balaban J connectivity index is 1.30. The third kappa shape index (κ3) is 3.92. The van der Waals surface area contributed by atoms with Gasteiger partial charge in [-0.15, -0.1) is 0 Å². The van der Waals surface area contributed by atoms with Gasteiger partial charge in [0.15, 0.2) is 0 Å². The number of hydrogen-bond donors (Lipinski definition) is 2. The van der Waals surface area contributed by atoms with E-state index in [0.717, 1.165) is 48.4 Å². The van der Waals surface area contributed by atoms with Crippen molar-refractivity contribution in [3.05, 3.63) is 70.9 Å². The Hall–Kier alpha value is -2.30. The predicted molar refractivity (Wildman–Crippen MR) is 106 cm³/mol. The van der Waals surface area contributed by atoms with Crippen LogP contribution < -0.4 is 5.32 Å². The Labute approximate surface area is 158 Å². The molecule has 2 N–H and O–H groups in total. The molecule has 0 unspecified atom stereocenters. The monoisotopic (exact) mass is 367 g/mol. The highest BCUT2D eigenvalue weighted by Crippen LogP contribution is 2.18. The molecule has 1 aliphatic rings. The van der Waals surface area contributed by atoms with Crippen LogP contribution in [0.2, 0.25) is 5.02 Å². The molecule has 26 heavy (non-hydrogen) atoms. The van der Waals surface area contributed by atoms with Crippen molar-refractivity contribution in [2.24, 2.45) is 0 Å². The number of aromatic nitrogens is 1. The van der Waals surface area contributed by atoms with Crippen LogP contribution in [0.1, 0.15) is 28.9 Å². The highest BCUT2D eigenvalue weighted by atomic mass is 35.5. The quantitative estimate of drug-likeness (QED) is 0.725. The number of benzene rings is 2. The molecule has 0 aliphatic carbocycles. The Morgan fingerprint density at radius 1 is 1.12 bits per heavy atom. The number of amides is 1. The van der Waals surface area contributed by atoms with Crippen LogP contribution in [-0.2, 0) is 6.54 Å². The minimum absolute atomic E-state index is 0.0163. The highest BCUT2D eigenvalue weighted by Gasteiger charge is 2.21. The summed E-state index contributed by atoms with van der Waals surface area (Å²) in [7, 11) is 0. The number of nitrogens with one attached hydrogen (secondary N) is 2. The molecule has 0 bridgehead atoms. The van der Waals surface area contributed by atoms with E-state index in [1.54, 1.807) is 0 Å². The number of para-hydroxylation sites is 1. The first kappa shape index (κ1) is 17.1. The first-order valence-corrected chi connectivity index (χ1v) is 9.40. The van der Waals surface area contributed by atoms with Crippen LogP contribution in [0.3, 0.4) is 0 Å². The molecular weight excluding hydrogens is 346 g/mol. The lowest BCUT2D eigenvalue weighted by atomic mass is 10.0. The SMILES string of the molecule is O=C(NC1CCN(Cc2ccc(Cl)cc2)CC1)c1cc2ccccc2[nH]1. The molecule has 0 radical (unpaired) electrons. The molecular formula is C21H22ClN3O. The van der Waals surface area contributed by atoms with Gasteiger partial charge in [-0.25, -0.2) is 0 Å². The van der Waals surface area contributed by atoms with Gasteiger partial charge in [0.05, 0.1) is 0 Å². The molecule has 1 saturated heterocycles. The smallest absolute Gasteiger partial charge is 0.267 e. The Morgan fingerprint density at radius 3 is 2.58 bits per heavy atom. The van der Waals surface area contributed by atoms with E-state index in [9.17, 15) is 4.79 Å². The van der Waals surface area contributed by atoms with Crippen LogP contribution in [-0.4, -0.2) is 34.9 Å². The average molecular weight is 368 g/mol. The van der Waals surface area contributed by atoms with Crippen LogP contribution in [0.5, 0.6) is 0 Å². The summed E-state index contributed by atoms with van der Waals surface area (Å²) in [5.41, 5.74) is 2.90. The van der Waals surface area contributed by atoms with Crippen LogP contribution in [0.4, 0.5) is 0 Å². The van der Waals surface area contributed by atoms with Crippen LogP contribution in [0, 0.1) is 0 Å². The summed E-state index contributed by atoms with van der Waals surface area (Å²) in [6.45, 7) is 2.90. The molecule has 1 amide bonds. The number of hydrogen-bond acceptors (Lipinski definition) is 2. The summed E-state index contributed by atoms with van der Waals surface area (Å²) in [6, 6.07) is 18.1. The Kier molecular flexibility index (Phi) is 4.96. The van der Waals surface area contributed by atoms with Gasteiger partial charge in [0, 0.05) is 41.6 Å². The minimum Gasteiger partial charge on any atom is -0.351 e. The summed E-state index contributed by atoms with van der Waals surface area (Å²) >= 11 is 5.94. The summed E-state index contributed by atoms with van der Waals surface area (Å²) in [5.74, 6) is -0.0163. The molecule has 4 nitrogen and oxygen atoms in total. The van der Waals surface area contributed by atoms with Gasteiger partial charge in [-0.3, -0.25) is 9.69 Å². The Bertz CT molecular complexity index is 862. The van der Waals surface area contributed by atoms with Gasteiger partial charge in [-0.1, -0.05) is 41.9 Å². The maximum atomic E-state index is 12.5. The van der Waals surface area contributed by atoms with E-state index in [-0.39, 0.29) is 11.9 Å². The number of H-pyrrole nitrogens is 1. The molecule has 2 heterocycles.